The van der Waals surface area contributed by atoms with Gasteiger partial charge < -0.3 is 10.1 Å². The molecule has 1 amide bonds. The smallest absolute Gasteiger partial charge is 0.321 e. The fraction of sp³-hybridized carbons (Fsp3) is 0.250. The normalized spacial score (nSPS) is 11.3. The Morgan fingerprint density at radius 2 is 1.66 bits per heavy atom. The Morgan fingerprint density at radius 3 is 2.26 bits per heavy atom. The van der Waals surface area contributed by atoms with E-state index in [1.54, 1.807) is 17.7 Å². The van der Waals surface area contributed by atoms with Crippen molar-refractivity contribution in [2.75, 3.05) is 25.5 Å². The monoisotopic (exact) mass is 498 g/mol. The van der Waals surface area contributed by atoms with Crippen molar-refractivity contribution in [2.24, 2.45) is 0 Å². The number of rotatable bonds is 9. The van der Waals surface area contributed by atoms with E-state index < -0.39 is 35.1 Å². The number of aryl methyl sites for hydroxylation is 2. The van der Waals surface area contributed by atoms with Gasteiger partial charge in [0.05, 0.1) is 16.3 Å². The van der Waals surface area contributed by atoms with Crippen molar-refractivity contribution in [3.63, 3.8) is 0 Å². The average molecular weight is 499 g/mol. The predicted molar refractivity (Wildman–Crippen MR) is 129 cm³/mol. The minimum absolute atomic E-state index is 0.0738. The lowest BCUT2D eigenvalue weighted by molar-refractivity contribution is -0.147. The second-order valence-electron chi connectivity index (χ2n) is 7.97. The second kappa shape index (κ2) is 10.6. The van der Waals surface area contributed by atoms with Crippen LogP contribution in [0.3, 0.4) is 0 Å². The van der Waals surface area contributed by atoms with Crippen LogP contribution < -0.4 is 5.32 Å². The van der Waals surface area contributed by atoms with E-state index in [0.29, 0.717) is 17.1 Å². The molecule has 10 nitrogen and oxygen atoms in total. The Bertz CT molecular complexity index is 1350. The van der Waals surface area contributed by atoms with Gasteiger partial charge in [-0.1, -0.05) is 29.8 Å². The number of amides is 1. The molecule has 0 unspecified atom stereocenters. The highest BCUT2D eigenvalue weighted by Gasteiger charge is 2.24. The molecular weight excluding hydrogens is 472 g/mol. The van der Waals surface area contributed by atoms with Crippen LogP contribution in [0, 0.1) is 13.8 Å². The predicted octanol–water partition coefficient (Wildman–Crippen LogP) is 2.49. The highest BCUT2D eigenvalue weighted by Crippen LogP contribution is 2.18. The molecule has 1 heterocycles. The summed E-state index contributed by atoms with van der Waals surface area (Å²) in [5.74, 6) is -1.28. The second-order valence-corrected chi connectivity index (χ2v) is 10.0. The molecule has 184 valence electrons. The Labute approximate surface area is 203 Å². The van der Waals surface area contributed by atoms with Gasteiger partial charge in [0, 0.05) is 18.7 Å². The molecule has 3 rings (SSSR count). The molecule has 3 aromatic rings. The van der Waals surface area contributed by atoms with Gasteiger partial charge in [0.1, 0.15) is 12.4 Å². The number of likely N-dealkylation sites (N-methyl/N-ethyl adjacent to an activating group) is 1. The van der Waals surface area contributed by atoms with Crippen molar-refractivity contribution >= 4 is 33.5 Å². The lowest BCUT2D eigenvalue weighted by atomic mass is 10.2. The van der Waals surface area contributed by atoms with Crippen LogP contribution in [0.5, 0.6) is 0 Å². The summed E-state index contributed by atoms with van der Waals surface area (Å²) in [5.41, 5.74) is 2.88. The maximum absolute atomic E-state index is 12.7. The number of aromatic nitrogens is 2. The zero-order valence-electron chi connectivity index (χ0n) is 19.8. The van der Waals surface area contributed by atoms with E-state index in [1.165, 1.54) is 38.2 Å². The third-order valence-corrected chi connectivity index (χ3v) is 6.88. The molecule has 11 heteroatoms. The van der Waals surface area contributed by atoms with Crippen LogP contribution in [-0.2, 0) is 24.3 Å². The number of nitrogens with zero attached hydrogens (tertiary/aromatic N) is 3. The van der Waals surface area contributed by atoms with Crippen LogP contribution in [0.2, 0.25) is 0 Å². The Morgan fingerprint density at radius 1 is 1.03 bits per heavy atom. The van der Waals surface area contributed by atoms with Crippen LogP contribution in [-0.4, -0.2) is 60.4 Å². The van der Waals surface area contributed by atoms with Crippen LogP contribution >= 0.6 is 0 Å². The number of sulfonamides is 1. The summed E-state index contributed by atoms with van der Waals surface area (Å²) < 4.78 is 32.7. The summed E-state index contributed by atoms with van der Waals surface area (Å²) in [5, 5.41) is 7.02. The van der Waals surface area contributed by atoms with Gasteiger partial charge in [-0.2, -0.15) is 9.40 Å². The first kappa shape index (κ1) is 25.8. The lowest BCUT2D eigenvalue weighted by Gasteiger charge is -2.16. The molecule has 2 aromatic carbocycles. The first-order valence-corrected chi connectivity index (χ1v) is 12.1. The highest BCUT2D eigenvalue weighted by molar-refractivity contribution is 7.89. The van der Waals surface area contributed by atoms with Gasteiger partial charge in [-0.25, -0.2) is 13.1 Å². The first-order valence-electron chi connectivity index (χ1n) is 10.6. The summed E-state index contributed by atoms with van der Waals surface area (Å²) in [7, 11) is -2.77. The average Bonchev–Trinajstić information content (AvgIpc) is 3.17. The van der Waals surface area contributed by atoms with Crippen LogP contribution in [0.25, 0.3) is 5.69 Å². The Kier molecular flexibility index (Phi) is 7.82. The van der Waals surface area contributed by atoms with E-state index in [1.807, 2.05) is 31.2 Å². The van der Waals surface area contributed by atoms with Crippen molar-refractivity contribution in [3.05, 3.63) is 71.4 Å². The van der Waals surface area contributed by atoms with E-state index >= 15 is 0 Å². The number of hydrogen-bond acceptors (Lipinski definition) is 7. The minimum atomic E-state index is -3.99. The molecular formula is C24H26N4O6S. The summed E-state index contributed by atoms with van der Waals surface area (Å²) in [6.07, 6.45) is 0. The molecule has 0 aliphatic carbocycles. The highest BCUT2D eigenvalue weighted by atomic mass is 32.2. The van der Waals surface area contributed by atoms with Crippen LogP contribution in [0.4, 0.5) is 5.82 Å². The van der Waals surface area contributed by atoms with E-state index in [-0.39, 0.29) is 10.7 Å². The fourth-order valence-electron chi connectivity index (χ4n) is 3.15. The number of benzene rings is 2. The zero-order chi connectivity index (χ0) is 25.8. The maximum Gasteiger partial charge on any atom is 0.321 e. The summed E-state index contributed by atoms with van der Waals surface area (Å²) in [6.45, 7) is 3.92. The largest absolute Gasteiger partial charge is 0.455 e. The number of nitrogens with one attached hydrogen (secondary N) is 1. The van der Waals surface area contributed by atoms with E-state index in [4.69, 9.17) is 4.74 Å². The summed E-state index contributed by atoms with van der Waals surface area (Å²) in [6, 6.07) is 14.6. The molecule has 0 aliphatic heterocycles. The molecule has 0 fully saturated rings. The molecule has 0 radical (unpaired) electrons. The Hall–Kier alpha value is -3.83. The molecule has 1 N–H and O–H groups in total. The standard InChI is InChI=1S/C24H26N4O6S/c1-16-5-9-20(10-6-16)28-22(13-17(2)26-28)25-23(30)15-34-24(31)14-27(4)35(32,33)21-11-7-19(8-12-21)18(3)29/h5-13H,14-15H2,1-4H3,(H,25,30). The van der Waals surface area contributed by atoms with E-state index in [9.17, 15) is 22.8 Å². The zero-order valence-corrected chi connectivity index (χ0v) is 20.6. The quantitative estimate of drug-likeness (QED) is 0.355. The number of anilines is 1. The number of carbonyl (C=O) groups excluding carboxylic acids is 3. The fourth-order valence-corrected chi connectivity index (χ4v) is 4.27. The van der Waals surface area contributed by atoms with Crippen molar-refractivity contribution in [2.45, 2.75) is 25.7 Å². The van der Waals surface area contributed by atoms with Crippen LogP contribution in [0.15, 0.2) is 59.5 Å². The molecule has 0 saturated heterocycles. The molecule has 0 bridgehead atoms. The first-order chi connectivity index (χ1) is 16.5. The van der Waals surface area contributed by atoms with Gasteiger partial charge in [0.25, 0.3) is 5.91 Å². The summed E-state index contributed by atoms with van der Waals surface area (Å²) in [4.78, 5) is 35.9. The molecule has 0 spiro atoms. The van der Waals surface area contributed by atoms with Gasteiger partial charge in [-0.15, -0.1) is 0 Å². The third kappa shape index (κ3) is 6.40. The number of ketones is 1. The van der Waals surface area contributed by atoms with E-state index in [2.05, 4.69) is 10.4 Å². The van der Waals surface area contributed by atoms with Crippen LogP contribution in [0.1, 0.15) is 28.5 Å². The number of hydrogen-bond donors (Lipinski definition) is 1. The SMILES string of the molecule is CC(=O)c1ccc(S(=O)(=O)N(C)CC(=O)OCC(=O)Nc2cc(C)nn2-c2ccc(C)cc2)cc1. The van der Waals surface area contributed by atoms with Crippen molar-refractivity contribution in [1.29, 1.82) is 0 Å². The number of carbonyl (C=O) groups is 3. The molecule has 35 heavy (non-hydrogen) atoms. The maximum atomic E-state index is 12.7. The Balaban J connectivity index is 1.57. The van der Waals surface area contributed by atoms with Gasteiger partial charge in [-0.05, 0) is 45.0 Å². The molecule has 0 saturated carbocycles. The number of Topliss-reactive ketones (excluding diaryl/α,β-unsaturated/α-hetero) is 1. The van der Waals surface area contributed by atoms with Gasteiger partial charge in [0.15, 0.2) is 12.4 Å². The third-order valence-electron chi connectivity index (χ3n) is 5.06. The lowest BCUT2D eigenvalue weighted by Crippen LogP contribution is -2.34. The number of esters is 1. The van der Waals surface area contributed by atoms with Gasteiger partial charge in [-0.3, -0.25) is 14.4 Å². The van der Waals surface area contributed by atoms with E-state index in [0.717, 1.165) is 15.6 Å². The number of ether oxygens (including phenoxy) is 1. The summed E-state index contributed by atoms with van der Waals surface area (Å²) >= 11 is 0. The van der Waals surface area contributed by atoms with Gasteiger partial charge >= 0.3 is 5.97 Å². The van der Waals surface area contributed by atoms with Crippen molar-refractivity contribution < 1.29 is 27.5 Å². The minimum Gasteiger partial charge on any atom is -0.455 e. The van der Waals surface area contributed by atoms with Crippen molar-refractivity contribution in [1.82, 2.24) is 14.1 Å². The van der Waals surface area contributed by atoms with Crippen molar-refractivity contribution in [3.8, 4) is 5.69 Å². The van der Waals surface area contributed by atoms with Gasteiger partial charge in [0.2, 0.25) is 10.0 Å². The molecule has 0 aliphatic rings. The molecule has 1 aromatic heterocycles. The molecule has 0 atom stereocenters. The topological polar surface area (TPSA) is 128 Å².